The van der Waals surface area contributed by atoms with E-state index in [0.717, 1.165) is 22.2 Å². The first-order chi connectivity index (χ1) is 7.63. The summed E-state index contributed by atoms with van der Waals surface area (Å²) in [4.78, 5) is 7.93. The minimum atomic E-state index is 0.107. The topological polar surface area (TPSA) is 36.4 Å². The maximum atomic E-state index is 9.20. The van der Waals surface area contributed by atoms with Crippen molar-refractivity contribution >= 4 is 28.2 Å². The Morgan fingerprint density at radius 2 is 2.25 bits per heavy atom. The van der Waals surface area contributed by atoms with Crippen molar-refractivity contribution in [1.29, 1.82) is 0 Å². The number of hydrogen-bond acceptors (Lipinski definition) is 5. The Labute approximate surface area is 105 Å². The number of nitrogens with zero attached hydrogens (tertiary/aromatic N) is 2. The molecule has 1 aliphatic heterocycles. The van der Waals surface area contributed by atoms with Gasteiger partial charge in [0, 0.05) is 23.6 Å². The number of rotatable bonds is 2. The molecule has 1 fully saturated rings. The van der Waals surface area contributed by atoms with Crippen molar-refractivity contribution in [2.24, 2.45) is 0 Å². The Balaban J connectivity index is 2.22. The molecule has 0 bridgehead atoms. The van der Waals surface area contributed by atoms with Crippen LogP contribution in [0, 0.1) is 6.92 Å². The van der Waals surface area contributed by atoms with Crippen LogP contribution in [0.3, 0.4) is 0 Å². The molecule has 3 nitrogen and oxygen atoms in total. The standard InChI is InChI=1S/C11H18N2OS2/c1-7-10(6-14)16-11(12-7)13-4-5-15-9(3)8(13)2/h8-9,14H,4-6H2,1-3H3. The van der Waals surface area contributed by atoms with Crippen LogP contribution in [0.1, 0.15) is 24.4 Å². The molecule has 2 rings (SSSR count). The number of thiazole rings is 1. The van der Waals surface area contributed by atoms with Gasteiger partial charge in [-0.25, -0.2) is 4.98 Å². The molecule has 0 saturated carbocycles. The van der Waals surface area contributed by atoms with Crippen molar-refractivity contribution < 1.29 is 5.11 Å². The zero-order chi connectivity index (χ0) is 11.7. The zero-order valence-electron chi connectivity index (χ0n) is 9.93. The highest BCUT2D eigenvalue weighted by molar-refractivity contribution is 8.00. The molecule has 1 saturated heterocycles. The van der Waals surface area contributed by atoms with Crippen LogP contribution in [-0.2, 0) is 6.61 Å². The summed E-state index contributed by atoms with van der Waals surface area (Å²) in [5.41, 5.74) is 0.973. The lowest BCUT2D eigenvalue weighted by molar-refractivity contribution is 0.284. The fraction of sp³-hybridized carbons (Fsp3) is 0.727. The van der Waals surface area contributed by atoms with Gasteiger partial charge in [-0.3, -0.25) is 0 Å². The van der Waals surface area contributed by atoms with E-state index in [-0.39, 0.29) is 6.61 Å². The van der Waals surface area contributed by atoms with Crippen molar-refractivity contribution in [3.05, 3.63) is 10.6 Å². The smallest absolute Gasteiger partial charge is 0.186 e. The fourth-order valence-electron chi connectivity index (χ4n) is 1.89. The molecule has 0 spiro atoms. The molecular formula is C11H18N2OS2. The van der Waals surface area contributed by atoms with Gasteiger partial charge in [0.15, 0.2) is 5.13 Å². The van der Waals surface area contributed by atoms with Crippen LogP contribution >= 0.6 is 23.1 Å². The zero-order valence-corrected chi connectivity index (χ0v) is 11.6. The van der Waals surface area contributed by atoms with Crippen LogP contribution in [0.5, 0.6) is 0 Å². The normalized spacial score (nSPS) is 26.1. The van der Waals surface area contributed by atoms with Crippen molar-refractivity contribution in [1.82, 2.24) is 4.98 Å². The second-order valence-electron chi connectivity index (χ2n) is 4.17. The molecule has 2 unspecified atom stereocenters. The number of aromatic nitrogens is 1. The van der Waals surface area contributed by atoms with Gasteiger partial charge in [-0.1, -0.05) is 18.3 Å². The summed E-state index contributed by atoms with van der Waals surface area (Å²) in [5.74, 6) is 1.17. The van der Waals surface area contributed by atoms with Gasteiger partial charge in [0.25, 0.3) is 0 Å². The van der Waals surface area contributed by atoms with Crippen molar-refractivity contribution in [3.63, 3.8) is 0 Å². The van der Waals surface area contributed by atoms with E-state index in [1.807, 2.05) is 18.7 Å². The molecule has 5 heteroatoms. The Morgan fingerprint density at radius 1 is 1.50 bits per heavy atom. The Kier molecular flexibility index (Phi) is 3.77. The highest BCUT2D eigenvalue weighted by Crippen LogP contribution is 2.33. The van der Waals surface area contributed by atoms with Gasteiger partial charge in [-0.15, -0.1) is 0 Å². The van der Waals surface area contributed by atoms with E-state index >= 15 is 0 Å². The molecule has 2 atom stereocenters. The van der Waals surface area contributed by atoms with E-state index < -0.39 is 0 Å². The van der Waals surface area contributed by atoms with Gasteiger partial charge in [-0.05, 0) is 13.8 Å². The Morgan fingerprint density at radius 3 is 2.88 bits per heavy atom. The summed E-state index contributed by atoms with van der Waals surface area (Å²) in [6.45, 7) is 7.67. The first kappa shape index (κ1) is 12.2. The summed E-state index contributed by atoms with van der Waals surface area (Å²) >= 11 is 3.65. The molecule has 0 aromatic carbocycles. The molecule has 1 aromatic rings. The van der Waals surface area contributed by atoms with E-state index in [1.54, 1.807) is 11.3 Å². The largest absolute Gasteiger partial charge is 0.391 e. The first-order valence-corrected chi connectivity index (χ1v) is 7.45. The number of aryl methyl sites for hydroxylation is 1. The monoisotopic (exact) mass is 258 g/mol. The third kappa shape index (κ3) is 2.21. The van der Waals surface area contributed by atoms with Crippen molar-refractivity contribution in [2.45, 2.75) is 38.7 Å². The molecule has 16 heavy (non-hydrogen) atoms. The molecular weight excluding hydrogens is 240 g/mol. The highest BCUT2D eigenvalue weighted by atomic mass is 32.2. The quantitative estimate of drug-likeness (QED) is 0.883. The van der Waals surface area contributed by atoms with Crippen LogP contribution in [0.4, 0.5) is 5.13 Å². The summed E-state index contributed by atoms with van der Waals surface area (Å²) in [6, 6.07) is 0.524. The Bertz CT molecular complexity index is 367. The summed E-state index contributed by atoms with van der Waals surface area (Å²) in [5, 5.41) is 10.9. The van der Waals surface area contributed by atoms with Gasteiger partial charge < -0.3 is 10.0 Å². The van der Waals surface area contributed by atoms with Crippen molar-refractivity contribution in [2.75, 3.05) is 17.2 Å². The lowest BCUT2D eigenvalue weighted by atomic mass is 10.2. The van der Waals surface area contributed by atoms with Crippen LogP contribution in [0.25, 0.3) is 0 Å². The molecule has 2 heterocycles. The summed E-state index contributed by atoms with van der Waals surface area (Å²) in [7, 11) is 0. The SMILES string of the molecule is Cc1nc(N2CCSC(C)C2C)sc1CO. The lowest BCUT2D eigenvalue weighted by Gasteiger charge is -2.37. The molecule has 0 radical (unpaired) electrons. The highest BCUT2D eigenvalue weighted by Gasteiger charge is 2.27. The van der Waals surface area contributed by atoms with Crippen LogP contribution < -0.4 is 4.90 Å². The number of aliphatic hydroxyl groups is 1. The van der Waals surface area contributed by atoms with Gasteiger partial charge in [0.1, 0.15) is 0 Å². The molecule has 1 aliphatic rings. The van der Waals surface area contributed by atoms with Gasteiger partial charge in [0.05, 0.1) is 17.2 Å². The van der Waals surface area contributed by atoms with Gasteiger partial charge in [-0.2, -0.15) is 11.8 Å². The summed E-state index contributed by atoms with van der Waals surface area (Å²) in [6.07, 6.45) is 0. The van der Waals surface area contributed by atoms with Crippen LogP contribution in [0.15, 0.2) is 0 Å². The third-order valence-electron chi connectivity index (χ3n) is 3.15. The van der Waals surface area contributed by atoms with Gasteiger partial charge >= 0.3 is 0 Å². The van der Waals surface area contributed by atoms with E-state index in [4.69, 9.17) is 0 Å². The molecule has 1 N–H and O–H groups in total. The first-order valence-electron chi connectivity index (χ1n) is 5.59. The fourth-order valence-corrected chi connectivity index (χ4v) is 4.02. The second-order valence-corrected chi connectivity index (χ2v) is 6.72. The van der Waals surface area contributed by atoms with Crippen LogP contribution in [0.2, 0.25) is 0 Å². The van der Waals surface area contributed by atoms with Crippen LogP contribution in [-0.4, -0.2) is 33.7 Å². The predicted octanol–water partition coefficient (Wildman–Crippen LogP) is 2.27. The van der Waals surface area contributed by atoms with E-state index in [0.29, 0.717) is 11.3 Å². The minimum absolute atomic E-state index is 0.107. The number of thioether (sulfide) groups is 1. The molecule has 1 aromatic heterocycles. The maximum absolute atomic E-state index is 9.20. The molecule has 90 valence electrons. The van der Waals surface area contributed by atoms with Gasteiger partial charge in [0.2, 0.25) is 0 Å². The molecule has 0 aliphatic carbocycles. The average molecular weight is 258 g/mol. The number of aliphatic hydroxyl groups excluding tert-OH is 1. The van der Waals surface area contributed by atoms with E-state index in [9.17, 15) is 5.11 Å². The van der Waals surface area contributed by atoms with E-state index in [1.165, 1.54) is 5.75 Å². The molecule has 0 amide bonds. The lowest BCUT2D eigenvalue weighted by Crippen LogP contribution is -2.44. The average Bonchev–Trinajstić information content (AvgIpc) is 2.63. The summed E-state index contributed by atoms with van der Waals surface area (Å²) < 4.78 is 0. The van der Waals surface area contributed by atoms with Crippen molar-refractivity contribution in [3.8, 4) is 0 Å². The Hall–Kier alpha value is -0.260. The second kappa shape index (κ2) is 4.94. The maximum Gasteiger partial charge on any atom is 0.186 e. The minimum Gasteiger partial charge on any atom is -0.391 e. The third-order valence-corrected chi connectivity index (χ3v) is 5.67. The predicted molar refractivity (Wildman–Crippen MR) is 71.5 cm³/mol. The number of hydrogen-bond donors (Lipinski definition) is 1. The number of anilines is 1. The van der Waals surface area contributed by atoms with E-state index in [2.05, 4.69) is 23.7 Å².